The molecule has 0 aliphatic heterocycles. The standard InChI is InChI=1S/C22H27N5O3S/c1-3-12-26(15-21(28)24-18-8-4-5-9-19(18)30-2)16-22(29)25-20-10-11-23-27(20)14-17-7-6-13-31-17/h4-11,13H,3,12,14-16H2,1-2H3,(H,24,28)(H,25,29). The molecule has 2 N–H and O–H groups in total. The summed E-state index contributed by atoms with van der Waals surface area (Å²) >= 11 is 1.64. The van der Waals surface area contributed by atoms with Crippen LogP contribution in [0.15, 0.2) is 54.0 Å². The lowest BCUT2D eigenvalue weighted by Gasteiger charge is -2.21. The van der Waals surface area contributed by atoms with Gasteiger partial charge in [0.15, 0.2) is 0 Å². The number of benzene rings is 1. The van der Waals surface area contributed by atoms with Gasteiger partial charge in [-0.1, -0.05) is 25.1 Å². The first-order valence-electron chi connectivity index (χ1n) is 10.1. The van der Waals surface area contributed by atoms with Crippen LogP contribution in [-0.4, -0.2) is 53.2 Å². The first-order valence-corrected chi connectivity index (χ1v) is 11.0. The SMILES string of the molecule is CCCN(CC(=O)Nc1ccccc1OC)CC(=O)Nc1ccnn1Cc1cccs1. The molecule has 0 saturated heterocycles. The van der Waals surface area contributed by atoms with Gasteiger partial charge in [-0.15, -0.1) is 11.3 Å². The van der Waals surface area contributed by atoms with Crippen molar-refractivity contribution in [2.75, 3.05) is 37.4 Å². The van der Waals surface area contributed by atoms with E-state index < -0.39 is 0 Å². The molecule has 0 radical (unpaired) electrons. The van der Waals surface area contributed by atoms with Gasteiger partial charge < -0.3 is 15.4 Å². The number of hydrogen-bond acceptors (Lipinski definition) is 6. The van der Waals surface area contributed by atoms with Crippen LogP contribution in [0.3, 0.4) is 0 Å². The Hall–Kier alpha value is -3.17. The maximum Gasteiger partial charge on any atom is 0.239 e. The highest BCUT2D eigenvalue weighted by atomic mass is 32.1. The summed E-state index contributed by atoms with van der Waals surface area (Å²) in [6.07, 6.45) is 2.49. The van der Waals surface area contributed by atoms with Gasteiger partial charge in [0.2, 0.25) is 11.8 Å². The molecule has 8 nitrogen and oxygen atoms in total. The number of ether oxygens (including phenoxy) is 1. The molecular weight excluding hydrogens is 414 g/mol. The molecule has 31 heavy (non-hydrogen) atoms. The monoisotopic (exact) mass is 441 g/mol. The molecule has 0 fully saturated rings. The fourth-order valence-electron chi connectivity index (χ4n) is 3.17. The van der Waals surface area contributed by atoms with Crippen molar-refractivity contribution in [2.45, 2.75) is 19.9 Å². The third kappa shape index (κ3) is 6.66. The quantitative estimate of drug-likeness (QED) is 0.477. The van der Waals surface area contributed by atoms with E-state index in [1.54, 1.807) is 47.5 Å². The molecule has 0 aliphatic rings. The molecule has 0 aliphatic carbocycles. The first-order chi connectivity index (χ1) is 15.1. The molecule has 0 unspecified atom stereocenters. The van der Waals surface area contributed by atoms with Gasteiger partial charge in [-0.2, -0.15) is 5.10 Å². The minimum atomic E-state index is -0.200. The number of amides is 2. The van der Waals surface area contributed by atoms with E-state index in [0.717, 1.165) is 11.3 Å². The van der Waals surface area contributed by atoms with Crippen LogP contribution < -0.4 is 15.4 Å². The van der Waals surface area contributed by atoms with Gasteiger partial charge in [0.05, 0.1) is 38.6 Å². The zero-order valence-electron chi connectivity index (χ0n) is 17.7. The van der Waals surface area contributed by atoms with E-state index >= 15 is 0 Å². The minimum absolute atomic E-state index is 0.105. The highest BCUT2D eigenvalue weighted by Crippen LogP contribution is 2.22. The molecular formula is C22H27N5O3S. The zero-order chi connectivity index (χ0) is 22.1. The molecule has 1 aromatic carbocycles. The number of nitrogens with one attached hydrogen (secondary N) is 2. The second-order valence-corrected chi connectivity index (χ2v) is 7.99. The van der Waals surface area contributed by atoms with E-state index in [-0.39, 0.29) is 24.9 Å². The third-order valence-electron chi connectivity index (χ3n) is 4.53. The smallest absolute Gasteiger partial charge is 0.239 e. The fourth-order valence-corrected chi connectivity index (χ4v) is 3.86. The average Bonchev–Trinajstić information content (AvgIpc) is 3.41. The summed E-state index contributed by atoms with van der Waals surface area (Å²) in [7, 11) is 1.56. The maximum atomic E-state index is 12.6. The second-order valence-electron chi connectivity index (χ2n) is 6.96. The topological polar surface area (TPSA) is 88.5 Å². The van der Waals surface area contributed by atoms with Crippen molar-refractivity contribution in [1.29, 1.82) is 0 Å². The Labute approximate surface area is 185 Å². The highest BCUT2D eigenvalue weighted by Gasteiger charge is 2.16. The number of carbonyl (C=O) groups excluding carboxylic acids is 2. The van der Waals surface area contributed by atoms with Crippen molar-refractivity contribution in [2.24, 2.45) is 0 Å². The van der Waals surface area contributed by atoms with Crippen molar-refractivity contribution in [1.82, 2.24) is 14.7 Å². The Morgan fingerprint density at radius 3 is 2.58 bits per heavy atom. The molecule has 0 spiro atoms. The Kier molecular flexibility index (Phi) is 8.19. The summed E-state index contributed by atoms with van der Waals surface area (Å²) in [5.41, 5.74) is 0.605. The molecule has 164 valence electrons. The fraction of sp³-hybridized carbons (Fsp3) is 0.318. The maximum absolute atomic E-state index is 12.6. The predicted octanol–water partition coefficient (Wildman–Crippen LogP) is 3.29. The number of anilines is 2. The van der Waals surface area contributed by atoms with Crippen molar-refractivity contribution < 1.29 is 14.3 Å². The number of carbonyl (C=O) groups is 2. The van der Waals surface area contributed by atoms with Crippen LogP contribution in [0.25, 0.3) is 0 Å². The van der Waals surface area contributed by atoms with Gasteiger partial charge >= 0.3 is 0 Å². The first kappa shape index (κ1) is 22.5. The number of methoxy groups -OCH3 is 1. The van der Waals surface area contributed by atoms with Crippen LogP contribution in [0, 0.1) is 0 Å². The molecule has 2 aromatic heterocycles. The summed E-state index contributed by atoms with van der Waals surface area (Å²) in [5, 5.41) is 12.1. The van der Waals surface area contributed by atoms with Gasteiger partial charge in [-0.3, -0.25) is 14.5 Å². The number of aromatic nitrogens is 2. The van der Waals surface area contributed by atoms with E-state index in [1.807, 2.05) is 41.5 Å². The van der Waals surface area contributed by atoms with Gasteiger partial charge in [-0.25, -0.2) is 4.68 Å². The molecule has 9 heteroatoms. The Balaban J connectivity index is 1.56. The van der Waals surface area contributed by atoms with Crippen LogP contribution in [0.5, 0.6) is 5.75 Å². The number of para-hydroxylation sites is 2. The summed E-state index contributed by atoms with van der Waals surface area (Å²) in [6.45, 7) is 3.45. The Morgan fingerprint density at radius 1 is 1.10 bits per heavy atom. The van der Waals surface area contributed by atoms with E-state index in [2.05, 4.69) is 15.7 Å². The van der Waals surface area contributed by atoms with Crippen LogP contribution in [0.4, 0.5) is 11.5 Å². The summed E-state index contributed by atoms with van der Waals surface area (Å²) in [5.74, 6) is 0.836. The van der Waals surface area contributed by atoms with E-state index in [0.29, 0.717) is 30.3 Å². The van der Waals surface area contributed by atoms with E-state index in [4.69, 9.17) is 4.74 Å². The molecule has 3 rings (SSSR count). The van der Waals surface area contributed by atoms with Crippen LogP contribution in [0.1, 0.15) is 18.2 Å². The number of hydrogen-bond donors (Lipinski definition) is 2. The lowest BCUT2D eigenvalue weighted by atomic mass is 10.3. The minimum Gasteiger partial charge on any atom is -0.495 e. The summed E-state index contributed by atoms with van der Waals surface area (Å²) < 4.78 is 7.02. The van der Waals surface area contributed by atoms with Gasteiger partial charge in [0, 0.05) is 10.9 Å². The van der Waals surface area contributed by atoms with Crippen molar-refractivity contribution in [3.8, 4) is 5.75 Å². The summed E-state index contributed by atoms with van der Waals surface area (Å²) in [4.78, 5) is 28.2. The van der Waals surface area contributed by atoms with Gasteiger partial charge in [-0.05, 0) is 36.5 Å². The molecule has 2 heterocycles. The van der Waals surface area contributed by atoms with E-state index in [1.165, 1.54) is 0 Å². The van der Waals surface area contributed by atoms with E-state index in [9.17, 15) is 9.59 Å². The lowest BCUT2D eigenvalue weighted by molar-refractivity contribution is -0.120. The summed E-state index contributed by atoms with van der Waals surface area (Å²) in [6, 6.07) is 13.0. The van der Waals surface area contributed by atoms with Crippen molar-refractivity contribution >= 4 is 34.7 Å². The number of thiophene rings is 1. The number of nitrogens with zero attached hydrogens (tertiary/aromatic N) is 3. The highest BCUT2D eigenvalue weighted by molar-refractivity contribution is 7.09. The van der Waals surface area contributed by atoms with Gasteiger partial charge in [0.1, 0.15) is 11.6 Å². The van der Waals surface area contributed by atoms with Crippen molar-refractivity contribution in [3.05, 3.63) is 58.9 Å². The molecule has 0 bridgehead atoms. The second kappa shape index (κ2) is 11.3. The normalized spacial score (nSPS) is 10.8. The molecule has 0 saturated carbocycles. The van der Waals surface area contributed by atoms with Crippen LogP contribution in [-0.2, 0) is 16.1 Å². The van der Waals surface area contributed by atoms with Gasteiger partial charge in [0.25, 0.3) is 0 Å². The zero-order valence-corrected chi connectivity index (χ0v) is 18.5. The van der Waals surface area contributed by atoms with Crippen LogP contribution >= 0.6 is 11.3 Å². The number of rotatable bonds is 11. The average molecular weight is 442 g/mol. The molecule has 0 atom stereocenters. The Morgan fingerprint density at radius 2 is 1.87 bits per heavy atom. The third-order valence-corrected chi connectivity index (χ3v) is 5.39. The van der Waals surface area contributed by atoms with Crippen molar-refractivity contribution in [3.63, 3.8) is 0 Å². The Bertz CT molecular complexity index is 987. The molecule has 3 aromatic rings. The lowest BCUT2D eigenvalue weighted by Crippen LogP contribution is -2.39. The van der Waals surface area contributed by atoms with Crippen LogP contribution in [0.2, 0.25) is 0 Å². The molecule has 2 amide bonds. The predicted molar refractivity (Wildman–Crippen MR) is 123 cm³/mol. The largest absolute Gasteiger partial charge is 0.495 e.